The molecule has 1 atom stereocenters. The molecule has 0 saturated carbocycles. The normalized spacial score (nSPS) is 12.7. The number of carboxylic acids is 1. The Bertz CT molecular complexity index is 148. The van der Waals surface area contributed by atoms with Gasteiger partial charge in [-0.25, -0.2) is 0 Å². The van der Waals surface area contributed by atoms with Crippen molar-refractivity contribution in [3.05, 3.63) is 0 Å². The Kier molecular flexibility index (Phi) is 9.16. The van der Waals surface area contributed by atoms with Crippen LogP contribution in [-0.4, -0.2) is 17.0 Å². The predicted octanol–water partition coefficient (Wildman–Crippen LogP) is 3.68. The highest BCUT2D eigenvalue weighted by atomic mass is 35.5. The first kappa shape index (κ1) is 13.8. The number of halogens is 1. The maximum absolute atomic E-state index is 10.8. The molecule has 1 unspecified atom stereocenters. The molecule has 0 aromatic carbocycles. The summed E-state index contributed by atoms with van der Waals surface area (Å²) >= 11 is 5.55. The number of aliphatic carboxylic acids is 1. The average Bonchev–Trinajstić information content (AvgIpc) is 2.15. The van der Waals surface area contributed by atoms with Crippen LogP contribution in [0.4, 0.5) is 0 Å². The van der Waals surface area contributed by atoms with E-state index in [4.69, 9.17) is 16.7 Å². The maximum Gasteiger partial charge on any atom is 0.306 e. The van der Waals surface area contributed by atoms with Gasteiger partial charge >= 0.3 is 5.97 Å². The summed E-state index contributed by atoms with van der Waals surface area (Å²) in [6, 6.07) is 0. The molecule has 0 aliphatic rings. The molecule has 0 aliphatic carbocycles. The van der Waals surface area contributed by atoms with Crippen LogP contribution in [0.2, 0.25) is 0 Å². The van der Waals surface area contributed by atoms with Crippen LogP contribution in [0.25, 0.3) is 0 Å². The molecule has 0 radical (unpaired) electrons. The molecule has 3 heteroatoms. The second-order valence-corrected chi connectivity index (χ2v) is 4.09. The van der Waals surface area contributed by atoms with Crippen molar-refractivity contribution >= 4 is 17.6 Å². The quantitative estimate of drug-likeness (QED) is 0.476. The van der Waals surface area contributed by atoms with E-state index in [0.29, 0.717) is 0 Å². The third-order valence-corrected chi connectivity index (χ3v) is 2.69. The minimum atomic E-state index is -0.635. The molecular weight excluding hydrogens is 200 g/mol. The highest BCUT2D eigenvalue weighted by Crippen LogP contribution is 2.16. The summed E-state index contributed by atoms with van der Waals surface area (Å²) in [7, 11) is 0. The smallest absolute Gasteiger partial charge is 0.306 e. The van der Waals surface area contributed by atoms with Crippen molar-refractivity contribution in [1.29, 1.82) is 0 Å². The highest BCUT2D eigenvalue weighted by molar-refractivity contribution is 6.17. The van der Waals surface area contributed by atoms with Gasteiger partial charge in [0.25, 0.3) is 0 Å². The fourth-order valence-electron chi connectivity index (χ4n) is 1.58. The molecule has 14 heavy (non-hydrogen) atoms. The van der Waals surface area contributed by atoms with Crippen LogP contribution in [0.3, 0.4) is 0 Å². The van der Waals surface area contributed by atoms with E-state index in [9.17, 15) is 4.79 Å². The molecule has 0 aromatic rings. The second kappa shape index (κ2) is 9.32. The molecule has 0 amide bonds. The monoisotopic (exact) mass is 220 g/mol. The van der Waals surface area contributed by atoms with E-state index in [1.165, 1.54) is 0 Å². The lowest BCUT2D eigenvalue weighted by molar-refractivity contribution is -0.142. The molecule has 84 valence electrons. The molecule has 0 bridgehead atoms. The van der Waals surface area contributed by atoms with Gasteiger partial charge in [0.2, 0.25) is 0 Å². The Morgan fingerprint density at radius 2 is 1.86 bits per heavy atom. The van der Waals surface area contributed by atoms with Crippen LogP contribution >= 0.6 is 11.6 Å². The Balaban J connectivity index is 3.46. The van der Waals surface area contributed by atoms with E-state index in [-0.39, 0.29) is 5.92 Å². The fraction of sp³-hybridized carbons (Fsp3) is 0.909. The number of hydrogen-bond donors (Lipinski definition) is 1. The minimum Gasteiger partial charge on any atom is -0.481 e. The van der Waals surface area contributed by atoms with Gasteiger partial charge in [-0.2, -0.15) is 0 Å². The summed E-state index contributed by atoms with van der Waals surface area (Å²) in [5, 5.41) is 8.89. The van der Waals surface area contributed by atoms with Crippen LogP contribution in [0.5, 0.6) is 0 Å². The van der Waals surface area contributed by atoms with Crippen LogP contribution in [0.1, 0.15) is 51.9 Å². The van der Waals surface area contributed by atoms with Crippen LogP contribution < -0.4 is 0 Å². The van der Waals surface area contributed by atoms with Crippen molar-refractivity contribution < 1.29 is 9.90 Å². The van der Waals surface area contributed by atoms with Crippen molar-refractivity contribution in [1.82, 2.24) is 0 Å². The Labute approximate surface area is 91.6 Å². The van der Waals surface area contributed by atoms with E-state index in [0.717, 1.165) is 50.8 Å². The van der Waals surface area contributed by atoms with Gasteiger partial charge in [-0.15, -0.1) is 11.6 Å². The first-order valence-corrected chi connectivity index (χ1v) is 6.04. The van der Waals surface area contributed by atoms with Gasteiger partial charge in [0.05, 0.1) is 5.92 Å². The number of unbranched alkanes of at least 4 members (excludes halogenated alkanes) is 3. The van der Waals surface area contributed by atoms with Crippen LogP contribution in [0, 0.1) is 5.92 Å². The molecule has 2 nitrogen and oxygen atoms in total. The molecule has 0 spiro atoms. The van der Waals surface area contributed by atoms with E-state index in [1.54, 1.807) is 0 Å². The predicted molar refractivity (Wildman–Crippen MR) is 59.8 cm³/mol. The molecule has 0 aromatic heterocycles. The average molecular weight is 221 g/mol. The summed E-state index contributed by atoms with van der Waals surface area (Å²) in [6.07, 6.45) is 6.90. The largest absolute Gasteiger partial charge is 0.481 e. The zero-order valence-corrected chi connectivity index (χ0v) is 9.72. The Morgan fingerprint density at radius 1 is 1.21 bits per heavy atom. The summed E-state index contributed by atoms with van der Waals surface area (Å²) < 4.78 is 0. The van der Waals surface area contributed by atoms with Gasteiger partial charge in [-0.1, -0.05) is 32.6 Å². The Morgan fingerprint density at radius 3 is 2.36 bits per heavy atom. The molecule has 0 saturated heterocycles. The molecular formula is C11H21ClO2. The van der Waals surface area contributed by atoms with Gasteiger partial charge in [-0.05, 0) is 19.3 Å². The van der Waals surface area contributed by atoms with Gasteiger partial charge < -0.3 is 5.11 Å². The summed E-state index contributed by atoms with van der Waals surface area (Å²) in [5.41, 5.74) is 0. The van der Waals surface area contributed by atoms with Gasteiger partial charge in [0.15, 0.2) is 0 Å². The third-order valence-electron chi connectivity index (χ3n) is 2.42. The number of hydrogen-bond acceptors (Lipinski definition) is 1. The summed E-state index contributed by atoms with van der Waals surface area (Å²) in [4.78, 5) is 10.8. The lowest BCUT2D eigenvalue weighted by atomic mass is 9.96. The van der Waals surface area contributed by atoms with Crippen LogP contribution in [-0.2, 0) is 4.79 Å². The van der Waals surface area contributed by atoms with E-state index in [1.807, 2.05) is 6.92 Å². The number of rotatable bonds is 9. The van der Waals surface area contributed by atoms with E-state index in [2.05, 4.69) is 0 Å². The summed E-state index contributed by atoms with van der Waals surface area (Å²) in [5.74, 6) is -0.0441. The molecule has 0 heterocycles. The van der Waals surface area contributed by atoms with E-state index >= 15 is 0 Å². The topological polar surface area (TPSA) is 37.3 Å². The van der Waals surface area contributed by atoms with Crippen molar-refractivity contribution in [2.75, 3.05) is 5.88 Å². The number of carboxylic acid groups (broad SMARTS) is 1. The molecule has 0 aliphatic heterocycles. The standard InChI is InChI=1S/C11H21ClO2/c1-2-7-10(11(13)14)8-5-3-4-6-9-12/h10H,2-9H2,1H3,(H,13,14). The van der Waals surface area contributed by atoms with Gasteiger partial charge in [0.1, 0.15) is 0 Å². The number of carbonyl (C=O) groups is 1. The second-order valence-electron chi connectivity index (χ2n) is 3.72. The molecule has 0 fully saturated rings. The first-order valence-electron chi connectivity index (χ1n) is 5.51. The first-order chi connectivity index (χ1) is 6.72. The SMILES string of the molecule is CCCC(CCCCCCCl)C(=O)O. The van der Waals surface area contributed by atoms with Crippen molar-refractivity contribution in [2.24, 2.45) is 5.92 Å². The molecule has 1 N–H and O–H groups in total. The van der Waals surface area contributed by atoms with Crippen molar-refractivity contribution in [3.63, 3.8) is 0 Å². The van der Waals surface area contributed by atoms with Gasteiger partial charge in [0, 0.05) is 5.88 Å². The lowest BCUT2D eigenvalue weighted by Crippen LogP contribution is -2.13. The van der Waals surface area contributed by atoms with Crippen molar-refractivity contribution in [3.8, 4) is 0 Å². The minimum absolute atomic E-state index is 0.129. The summed E-state index contributed by atoms with van der Waals surface area (Å²) in [6.45, 7) is 2.03. The lowest BCUT2D eigenvalue weighted by Gasteiger charge is -2.10. The van der Waals surface area contributed by atoms with Crippen molar-refractivity contribution in [2.45, 2.75) is 51.9 Å². The fourth-order valence-corrected chi connectivity index (χ4v) is 1.77. The zero-order chi connectivity index (χ0) is 10.8. The third kappa shape index (κ3) is 7.19. The molecule has 0 rings (SSSR count). The van der Waals surface area contributed by atoms with Crippen LogP contribution in [0.15, 0.2) is 0 Å². The Hall–Kier alpha value is -0.240. The van der Waals surface area contributed by atoms with Gasteiger partial charge in [-0.3, -0.25) is 4.79 Å². The zero-order valence-electron chi connectivity index (χ0n) is 8.97. The highest BCUT2D eigenvalue weighted by Gasteiger charge is 2.14. The number of alkyl halides is 1. The van der Waals surface area contributed by atoms with E-state index < -0.39 is 5.97 Å². The maximum atomic E-state index is 10.8.